The van der Waals surface area contributed by atoms with E-state index in [-0.39, 0.29) is 17.0 Å². The van der Waals surface area contributed by atoms with Crippen LogP contribution in [0, 0.1) is 0 Å². The molecule has 2 saturated heterocycles. The number of anilines is 1. The maximum Gasteiger partial charge on any atom is 0.483 e. The van der Waals surface area contributed by atoms with Crippen molar-refractivity contribution < 1.29 is 98.9 Å². The van der Waals surface area contributed by atoms with E-state index in [4.69, 9.17) is 43.4 Å². The molecule has 2 aliphatic heterocycles. The molecule has 12 atom stereocenters. The highest BCUT2D eigenvalue weighted by atomic mass is 31.3. The van der Waals surface area contributed by atoms with Crippen molar-refractivity contribution in [1.82, 2.24) is 19.5 Å². The number of hydrogen-bond donors (Lipinski definition) is 4. The molecule has 0 bridgehead atoms. The number of hydrogen-bond acceptors (Lipinski definition) is 22. The Morgan fingerprint density at radius 2 is 1.51 bits per heavy atom. The maximum absolute atomic E-state index is 15.1. The number of rotatable bonds is 15. The van der Waals surface area contributed by atoms with E-state index < -0.39 is 120 Å². The molecule has 25 nitrogen and oxygen atoms in total. The summed E-state index contributed by atoms with van der Waals surface area (Å²) >= 11 is 0. The van der Waals surface area contributed by atoms with Crippen molar-refractivity contribution in [2.24, 2.45) is 0 Å². The number of carbonyl (C=O) groups excluding carboxylic acids is 5. The Kier molecular flexibility index (Phi) is 14.0. The van der Waals surface area contributed by atoms with E-state index in [0.717, 1.165) is 51.8 Å². The summed E-state index contributed by atoms with van der Waals surface area (Å²) in [7, 11) is -11.7. The number of ether oxygens (including phenoxy) is 7. The van der Waals surface area contributed by atoms with Crippen LogP contribution in [-0.2, 0) is 79.6 Å². The Morgan fingerprint density at radius 3 is 2.11 bits per heavy atom. The highest BCUT2D eigenvalue weighted by Gasteiger charge is 2.57. The van der Waals surface area contributed by atoms with Crippen LogP contribution in [0.5, 0.6) is 0 Å². The number of imidazole rings is 1. The molecule has 0 aliphatic carbocycles. The Hall–Kier alpha value is -4.23. The van der Waals surface area contributed by atoms with E-state index in [2.05, 4.69) is 23.8 Å². The van der Waals surface area contributed by atoms with Crippen LogP contribution in [0.3, 0.4) is 0 Å². The van der Waals surface area contributed by atoms with Crippen LogP contribution in [-0.4, -0.2) is 133 Å². The topological polar surface area (TPSA) is 342 Å². The lowest BCUT2D eigenvalue weighted by atomic mass is 9.94. The third kappa shape index (κ3) is 11.2. The van der Waals surface area contributed by atoms with E-state index in [1.54, 1.807) is 0 Å². The number of phosphoric acid groups is 2. The van der Waals surface area contributed by atoms with Gasteiger partial charge in [0.1, 0.15) is 36.8 Å². The zero-order valence-electron chi connectivity index (χ0n) is 29.3. The average molecular weight is 832 g/mol. The lowest BCUT2D eigenvalue weighted by Crippen LogP contribution is -2.65. The number of carbonyl (C=O) groups is 5. The molecule has 0 aromatic carbocycles. The molecule has 0 radical (unpaired) electrons. The second kappa shape index (κ2) is 17.7. The normalized spacial score (nSPS) is 29.3. The van der Waals surface area contributed by atoms with E-state index >= 15 is 4.39 Å². The SMILES string of the molecule is CC(=O)OC[C@@H](OC(C)=O)[C@H]1O[C@@H](OP(=O)(O)OP(=O)(O)OC[C@H]2O[C@@H](n3cnc4c(N)ncnc43)[C@H](O)[C@H]2F)[C@@H](OC(C)=O)[C@@H](OC(C)=O)[C@@H]1OC(C)=O. The minimum atomic E-state index is -5.98. The molecule has 4 heterocycles. The van der Waals surface area contributed by atoms with Crippen LogP contribution in [0.25, 0.3) is 11.2 Å². The summed E-state index contributed by atoms with van der Waals surface area (Å²) in [6.45, 7) is 2.53. The van der Waals surface area contributed by atoms with Gasteiger partial charge in [-0.25, -0.2) is 28.5 Å². The molecule has 0 saturated carbocycles. The quantitative estimate of drug-likeness (QED) is 0.0976. The summed E-state index contributed by atoms with van der Waals surface area (Å²) < 4.78 is 93.0. The predicted molar refractivity (Wildman–Crippen MR) is 170 cm³/mol. The van der Waals surface area contributed by atoms with Crippen molar-refractivity contribution in [3.8, 4) is 0 Å². The Balaban J connectivity index is 1.57. The third-order valence-electron chi connectivity index (χ3n) is 7.37. The van der Waals surface area contributed by atoms with Gasteiger partial charge in [0.25, 0.3) is 0 Å². The molecule has 28 heteroatoms. The van der Waals surface area contributed by atoms with E-state index in [1.165, 1.54) is 0 Å². The minimum absolute atomic E-state index is 0.0346. The molecular formula is C27H36FN5O20P2. The largest absolute Gasteiger partial charge is 0.483 e. The molecule has 2 aliphatic rings. The van der Waals surface area contributed by atoms with Crippen molar-refractivity contribution in [2.75, 3.05) is 18.9 Å². The summed E-state index contributed by atoms with van der Waals surface area (Å²) in [6, 6.07) is 0. The summed E-state index contributed by atoms with van der Waals surface area (Å²) in [5.41, 5.74) is 5.88. The van der Waals surface area contributed by atoms with Crippen molar-refractivity contribution in [2.45, 2.75) is 96.0 Å². The van der Waals surface area contributed by atoms with E-state index in [9.17, 15) is 48.0 Å². The number of aliphatic hydroxyl groups excluding tert-OH is 1. The van der Waals surface area contributed by atoms with Crippen LogP contribution >= 0.6 is 15.6 Å². The highest BCUT2D eigenvalue weighted by Crippen LogP contribution is 2.62. The summed E-state index contributed by atoms with van der Waals surface area (Å²) in [4.78, 5) is 92.7. The van der Waals surface area contributed by atoms with Gasteiger partial charge >= 0.3 is 45.5 Å². The van der Waals surface area contributed by atoms with Gasteiger partial charge in [-0.15, -0.1) is 0 Å². The van der Waals surface area contributed by atoms with Gasteiger partial charge in [-0.1, -0.05) is 0 Å². The van der Waals surface area contributed by atoms with Crippen molar-refractivity contribution in [3.05, 3.63) is 12.7 Å². The van der Waals surface area contributed by atoms with Crippen molar-refractivity contribution in [1.29, 1.82) is 0 Å². The smallest absolute Gasteiger partial charge is 0.462 e. The number of nitrogens with zero attached hydrogens (tertiary/aromatic N) is 4. The Morgan fingerprint density at radius 1 is 0.891 bits per heavy atom. The number of fused-ring (bicyclic) bond motifs is 1. The van der Waals surface area contributed by atoms with Gasteiger partial charge in [0.05, 0.1) is 12.9 Å². The fraction of sp³-hybridized carbons (Fsp3) is 0.630. The van der Waals surface area contributed by atoms with Crippen LogP contribution in [0.2, 0.25) is 0 Å². The number of aromatic nitrogens is 4. The van der Waals surface area contributed by atoms with Crippen LogP contribution in [0.15, 0.2) is 12.7 Å². The predicted octanol–water partition coefficient (Wildman–Crippen LogP) is -0.730. The average Bonchev–Trinajstić information content (AvgIpc) is 3.60. The summed E-state index contributed by atoms with van der Waals surface area (Å²) in [6.07, 6.45) is -17.4. The Labute approximate surface area is 308 Å². The molecule has 2 unspecified atom stereocenters. The first-order valence-electron chi connectivity index (χ1n) is 15.7. The second-order valence-corrected chi connectivity index (χ2v) is 14.6. The van der Waals surface area contributed by atoms with Crippen molar-refractivity contribution >= 4 is 62.5 Å². The first kappa shape index (κ1) is 43.5. The fourth-order valence-electron chi connectivity index (χ4n) is 5.40. The number of nitrogen functional groups attached to an aromatic ring is 1. The van der Waals surface area contributed by atoms with Gasteiger partial charge in [-0.2, -0.15) is 4.31 Å². The number of halogens is 1. The number of alkyl halides is 1. The molecule has 55 heavy (non-hydrogen) atoms. The first-order chi connectivity index (χ1) is 25.6. The van der Waals surface area contributed by atoms with Crippen LogP contribution < -0.4 is 5.73 Å². The van der Waals surface area contributed by atoms with E-state index in [1.807, 2.05) is 0 Å². The number of aliphatic hydroxyl groups is 1. The van der Waals surface area contributed by atoms with Crippen molar-refractivity contribution in [3.63, 3.8) is 0 Å². The standard InChI is InChI=1S/C27H36FN5O20P2/c1-10(34)44-6-16(46-11(2)35)20-21(47-12(3)36)22(48-13(4)37)23(49-14(5)38)27(51-20)52-55(42,43)53-54(40,41)45-7-15-17(28)19(39)26(50-15)33-9-32-18-24(29)30-8-31-25(18)33/h8-9,15-17,19-23,26-27,39H,6-7H2,1-5H3,(H,40,41)(H,42,43)(H2,29,30,31)/t15-,16-,17+,19-,20-,21-,22+,23+,26-,27+/m1/s1. The lowest BCUT2D eigenvalue weighted by Gasteiger charge is -2.45. The maximum atomic E-state index is 15.1. The van der Waals surface area contributed by atoms with Gasteiger partial charge in [0.2, 0.25) is 6.29 Å². The monoisotopic (exact) mass is 831 g/mol. The van der Waals surface area contributed by atoms with Gasteiger partial charge in [-0.05, 0) is 0 Å². The zero-order valence-corrected chi connectivity index (χ0v) is 31.1. The Bertz CT molecular complexity index is 1870. The molecule has 2 fully saturated rings. The second-order valence-electron chi connectivity index (χ2n) is 11.6. The number of nitrogens with two attached hydrogens (primary N) is 1. The molecular weight excluding hydrogens is 795 g/mol. The van der Waals surface area contributed by atoms with Gasteiger partial charge in [0, 0.05) is 34.6 Å². The molecule has 2 aromatic heterocycles. The summed E-state index contributed by atoms with van der Waals surface area (Å²) in [5.74, 6) is -5.26. The third-order valence-corrected chi connectivity index (χ3v) is 9.97. The minimum Gasteiger partial charge on any atom is -0.462 e. The highest BCUT2D eigenvalue weighted by molar-refractivity contribution is 7.61. The first-order valence-corrected chi connectivity index (χ1v) is 18.7. The van der Waals surface area contributed by atoms with Gasteiger partial charge < -0.3 is 53.8 Å². The van der Waals surface area contributed by atoms with Gasteiger partial charge in [-0.3, -0.25) is 37.6 Å². The number of phosphoric ester groups is 2. The van der Waals surface area contributed by atoms with E-state index in [0.29, 0.717) is 0 Å². The molecule has 306 valence electrons. The van der Waals surface area contributed by atoms with Crippen LogP contribution in [0.4, 0.5) is 10.2 Å². The molecule has 0 spiro atoms. The molecule has 2 aromatic rings. The molecule has 5 N–H and O–H groups in total. The zero-order chi connectivity index (χ0) is 41.0. The van der Waals surface area contributed by atoms with Gasteiger partial charge in [0.15, 0.2) is 48.3 Å². The lowest BCUT2D eigenvalue weighted by molar-refractivity contribution is -0.301. The van der Waals surface area contributed by atoms with Crippen LogP contribution in [0.1, 0.15) is 40.8 Å². The number of esters is 5. The molecule has 4 rings (SSSR count). The fourth-order valence-corrected chi connectivity index (χ4v) is 7.55. The summed E-state index contributed by atoms with van der Waals surface area (Å²) in [5, 5.41) is 10.5. The molecule has 0 amide bonds.